The zero-order chi connectivity index (χ0) is 15.9. The van der Waals surface area contributed by atoms with Crippen LogP contribution in [0.15, 0.2) is 30.3 Å². The lowest BCUT2D eigenvalue weighted by Crippen LogP contribution is -2.13. The number of nitrogens with one attached hydrogen (secondary N) is 1. The van der Waals surface area contributed by atoms with Crippen molar-refractivity contribution in [2.24, 2.45) is 0 Å². The van der Waals surface area contributed by atoms with Gasteiger partial charge < -0.3 is 0 Å². The van der Waals surface area contributed by atoms with Crippen molar-refractivity contribution >= 4 is 44.2 Å². The Bertz CT molecular complexity index is 852. The summed E-state index contributed by atoms with van der Waals surface area (Å²) in [7, 11) is 0. The molecule has 0 fully saturated rings. The molecule has 0 aliphatic rings. The van der Waals surface area contributed by atoms with Crippen molar-refractivity contribution in [3.63, 3.8) is 0 Å². The molecule has 0 spiro atoms. The summed E-state index contributed by atoms with van der Waals surface area (Å²) < 4.78 is 14.7. The molecule has 1 amide bonds. The van der Waals surface area contributed by atoms with E-state index in [4.69, 9.17) is 11.6 Å². The van der Waals surface area contributed by atoms with Crippen LogP contribution in [0.5, 0.6) is 0 Å². The molecule has 112 valence electrons. The second kappa shape index (κ2) is 5.66. The minimum atomic E-state index is -0.615. The number of aryl methyl sites for hydroxylation is 2. The third kappa shape index (κ3) is 2.69. The normalized spacial score (nSPS) is 10.9. The molecule has 0 saturated heterocycles. The molecule has 0 unspecified atom stereocenters. The molecular weight excluding hydrogens is 323 g/mol. The molecule has 0 aliphatic carbocycles. The average molecular weight is 335 g/mol. The molecule has 0 radical (unpaired) electrons. The van der Waals surface area contributed by atoms with Crippen molar-refractivity contribution in [2.45, 2.75) is 13.8 Å². The highest BCUT2D eigenvalue weighted by Crippen LogP contribution is 2.31. The lowest BCUT2D eigenvalue weighted by Gasteiger charge is -2.03. The lowest BCUT2D eigenvalue weighted by atomic mass is 10.1. The Morgan fingerprint density at radius 1 is 1.23 bits per heavy atom. The van der Waals surface area contributed by atoms with Crippen LogP contribution in [0, 0.1) is 19.7 Å². The number of carbonyl (C=O) groups is 1. The van der Waals surface area contributed by atoms with Gasteiger partial charge in [-0.15, -0.1) is 0 Å². The van der Waals surface area contributed by atoms with E-state index in [0.717, 1.165) is 21.3 Å². The number of fused-ring (bicyclic) bond motifs is 1. The Morgan fingerprint density at radius 3 is 2.68 bits per heavy atom. The summed E-state index contributed by atoms with van der Waals surface area (Å²) in [6.07, 6.45) is 0. The van der Waals surface area contributed by atoms with E-state index in [2.05, 4.69) is 10.3 Å². The number of anilines is 1. The monoisotopic (exact) mass is 334 g/mol. The van der Waals surface area contributed by atoms with Crippen molar-refractivity contribution in [3.8, 4) is 0 Å². The zero-order valence-electron chi connectivity index (χ0n) is 11.9. The Balaban J connectivity index is 1.96. The van der Waals surface area contributed by atoms with E-state index < -0.39 is 11.7 Å². The Hall–Kier alpha value is -1.98. The van der Waals surface area contributed by atoms with Gasteiger partial charge in [0.2, 0.25) is 0 Å². The molecule has 0 atom stereocenters. The number of hydrogen-bond donors (Lipinski definition) is 1. The van der Waals surface area contributed by atoms with Gasteiger partial charge in [0.1, 0.15) is 5.82 Å². The first kappa shape index (κ1) is 14.9. The molecule has 3 rings (SSSR count). The first-order chi connectivity index (χ1) is 10.5. The molecule has 2 aromatic carbocycles. The van der Waals surface area contributed by atoms with Gasteiger partial charge in [-0.2, -0.15) is 0 Å². The fourth-order valence-electron chi connectivity index (χ4n) is 2.15. The van der Waals surface area contributed by atoms with Gasteiger partial charge in [-0.25, -0.2) is 9.37 Å². The molecule has 1 heterocycles. The van der Waals surface area contributed by atoms with Crippen molar-refractivity contribution < 1.29 is 9.18 Å². The molecule has 6 heteroatoms. The number of nitrogens with zero attached hydrogens (tertiary/aromatic N) is 1. The predicted octanol–water partition coefficient (Wildman–Crippen LogP) is 4.96. The maximum Gasteiger partial charge on any atom is 0.260 e. The molecule has 0 aliphatic heterocycles. The molecule has 0 saturated carbocycles. The number of rotatable bonds is 2. The van der Waals surface area contributed by atoms with E-state index in [1.807, 2.05) is 26.0 Å². The molecule has 1 aromatic heterocycles. The summed E-state index contributed by atoms with van der Waals surface area (Å²) in [5.41, 5.74) is 2.88. The number of thiazole rings is 1. The summed E-state index contributed by atoms with van der Waals surface area (Å²) in [4.78, 5) is 16.6. The average Bonchev–Trinajstić information content (AvgIpc) is 2.90. The number of hydrogen-bond acceptors (Lipinski definition) is 3. The largest absolute Gasteiger partial charge is 0.298 e. The van der Waals surface area contributed by atoms with E-state index >= 15 is 0 Å². The van der Waals surface area contributed by atoms with Crippen molar-refractivity contribution in [1.82, 2.24) is 4.98 Å². The molecular formula is C16H12ClFN2OS. The van der Waals surface area contributed by atoms with Crippen LogP contribution in [-0.4, -0.2) is 10.9 Å². The van der Waals surface area contributed by atoms with Crippen LogP contribution < -0.4 is 5.32 Å². The minimum absolute atomic E-state index is 0.0970. The Labute approximate surface area is 135 Å². The van der Waals surface area contributed by atoms with E-state index in [1.54, 1.807) is 0 Å². The maximum absolute atomic E-state index is 13.7. The second-order valence-corrected chi connectivity index (χ2v) is 6.41. The van der Waals surface area contributed by atoms with Crippen LogP contribution in [0.3, 0.4) is 0 Å². The number of aromatic nitrogens is 1. The second-order valence-electron chi connectivity index (χ2n) is 4.97. The van der Waals surface area contributed by atoms with Gasteiger partial charge >= 0.3 is 0 Å². The summed E-state index contributed by atoms with van der Waals surface area (Å²) in [6.45, 7) is 3.95. The third-order valence-electron chi connectivity index (χ3n) is 3.34. The lowest BCUT2D eigenvalue weighted by molar-refractivity contribution is 0.102. The van der Waals surface area contributed by atoms with Gasteiger partial charge in [0, 0.05) is 5.02 Å². The van der Waals surface area contributed by atoms with Crippen LogP contribution in [0.2, 0.25) is 5.02 Å². The van der Waals surface area contributed by atoms with Crippen LogP contribution in [-0.2, 0) is 0 Å². The number of benzene rings is 2. The quantitative estimate of drug-likeness (QED) is 0.719. The highest BCUT2D eigenvalue weighted by molar-refractivity contribution is 7.22. The highest BCUT2D eigenvalue weighted by Gasteiger charge is 2.15. The van der Waals surface area contributed by atoms with Gasteiger partial charge in [-0.1, -0.05) is 35.1 Å². The van der Waals surface area contributed by atoms with Crippen molar-refractivity contribution in [3.05, 3.63) is 57.9 Å². The molecule has 3 nitrogen and oxygen atoms in total. The SMILES string of the molecule is Cc1ccc(C)c2sc(NC(=O)c3cc(Cl)ccc3F)nc12. The zero-order valence-corrected chi connectivity index (χ0v) is 13.5. The number of halogens is 2. The Kier molecular flexibility index (Phi) is 3.85. The van der Waals surface area contributed by atoms with Gasteiger partial charge in [0.15, 0.2) is 5.13 Å². The van der Waals surface area contributed by atoms with E-state index in [0.29, 0.717) is 10.2 Å². The van der Waals surface area contributed by atoms with E-state index in [1.165, 1.54) is 29.5 Å². The van der Waals surface area contributed by atoms with Crippen LogP contribution in [0.4, 0.5) is 9.52 Å². The summed E-state index contributed by atoms with van der Waals surface area (Å²) in [5.74, 6) is -1.18. The summed E-state index contributed by atoms with van der Waals surface area (Å²) in [5, 5.41) is 3.39. The van der Waals surface area contributed by atoms with Crippen LogP contribution >= 0.6 is 22.9 Å². The Morgan fingerprint density at radius 2 is 1.95 bits per heavy atom. The summed E-state index contributed by atoms with van der Waals surface area (Å²) >= 11 is 7.18. The summed E-state index contributed by atoms with van der Waals surface area (Å²) in [6, 6.07) is 7.87. The van der Waals surface area contributed by atoms with Crippen molar-refractivity contribution in [2.75, 3.05) is 5.32 Å². The fourth-order valence-corrected chi connectivity index (χ4v) is 3.33. The first-order valence-electron chi connectivity index (χ1n) is 6.59. The van der Waals surface area contributed by atoms with Gasteiger partial charge in [0.25, 0.3) is 5.91 Å². The minimum Gasteiger partial charge on any atom is -0.298 e. The first-order valence-corrected chi connectivity index (χ1v) is 7.78. The molecule has 1 N–H and O–H groups in total. The standard InChI is InChI=1S/C16H12ClFN2OS/c1-8-3-4-9(2)14-13(8)19-16(22-14)20-15(21)11-7-10(17)5-6-12(11)18/h3-7H,1-2H3,(H,19,20,21). The van der Waals surface area contributed by atoms with Crippen LogP contribution in [0.25, 0.3) is 10.2 Å². The molecule has 22 heavy (non-hydrogen) atoms. The smallest absolute Gasteiger partial charge is 0.260 e. The predicted molar refractivity (Wildman–Crippen MR) is 88.5 cm³/mol. The van der Waals surface area contributed by atoms with Crippen LogP contribution in [0.1, 0.15) is 21.5 Å². The molecule has 3 aromatic rings. The maximum atomic E-state index is 13.7. The topological polar surface area (TPSA) is 42.0 Å². The van der Waals surface area contributed by atoms with Gasteiger partial charge in [0.05, 0.1) is 15.8 Å². The number of amides is 1. The fraction of sp³-hybridized carbons (Fsp3) is 0.125. The third-order valence-corrected chi connectivity index (χ3v) is 4.68. The van der Waals surface area contributed by atoms with Gasteiger partial charge in [-0.05, 0) is 43.2 Å². The molecule has 0 bridgehead atoms. The highest BCUT2D eigenvalue weighted by atomic mass is 35.5. The van der Waals surface area contributed by atoms with Gasteiger partial charge in [-0.3, -0.25) is 10.1 Å². The van der Waals surface area contributed by atoms with Crippen molar-refractivity contribution in [1.29, 1.82) is 0 Å². The van der Waals surface area contributed by atoms with E-state index in [9.17, 15) is 9.18 Å². The number of carbonyl (C=O) groups excluding carboxylic acids is 1. The van der Waals surface area contributed by atoms with E-state index in [-0.39, 0.29) is 5.56 Å².